The second-order valence-corrected chi connectivity index (χ2v) is 11.3. The van der Waals surface area contributed by atoms with Crippen LogP contribution < -0.4 is 22.1 Å². The zero-order valence-electron chi connectivity index (χ0n) is 24.7. The van der Waals surface area contributed by atoms with Crippen molar-refractivity contribution >= 4 is 12.4 Å². The Labute approximate surface area is 242 Å². The van der Waals surface area contributed by atoms with Crippen LogP contribution in [0.3, 0.4) is 0 Å². The fourth-order valence-electron chi connectivity index (χ4n) is 4.91. The molecule has 4 aliphatic heterocycles. The maximum absolute atomic E-state index is 5.58. The van der Waals surface area contributed by atoms with Gasteiger partial charge in [0.2, 0.25) is 0 Å². The number of hydrogen-bond acceptors (Lipinski definition) is 8. The van der Waals surface area contributed by atoms with E-state index < -0.39 is 0 Å². The number of likely N-dealkylation sites (N-methyl/N-ethyl adjacent to an activating group) is 2. The lowest BCUT2D eigenvalue weighted by Gasteiger charge is -2.04. The van der Waals surface area contributed by atoms with Gasteiger partial charge in [0.05, 0.1) is 12.1 Å². The Morgan fingerprint density at radius 2 is 1.20 bits per heavy atom. The molecule has 4 aliphatic rings. The summed E-state index contributed by atoms with van der Waals surface area (Å²) in [5, 5.41) is 6.44. The van der Waals surface area contributed by atoms with Gasteiger partial charge in [-0.1, -0.05) is 60.7 Å². The Morgan fingerprint density at radius 1 is 0.650 bits per heavy atom. The molecule has 4 fully saturated rings. The van der Waals surface area contributed by atoms with Gasteiger partial charge in [0.1, 0.15) is 0 Å². The van der Waals surface area contributed by atoms with Crippen molar-refractivity contribution < 1.29 is 0 Å². The predicted molar refractivity (Wildman–Crippen MR) is 171 cm³/mol. The quantitative estimate of drug-likeness (QED) is 0.437. The molecular weight excluding hydrogens is 496 g/mol. The first-order chi connectivity index (χ1) is 19.5. The molecule has 0 bridgehead atoms. The number of nitrogens with one attached hydrogen (secondary N) is 2. The second kappa shape index (κ2) is 18.8. The van der Waals surface area contributed by atoms with Crippen molar-refractivity contribution in [2.45, 2.75) is 49.9 Å². The van der Waals surface area contributed by atoms with Gasteiger partial charge in [-0.2, -0.15) is 0 Å². The molecule has 4 unspecified atom stereocenters. The molecule has 6 rings (SSSR count). The Hall–Kier alpha value is -2.46. The Morgan fingerprint density at radius 3 is 1.57 bits per heavy atom. The van der Waals surface area contributed by atoms with Crippen molar-refractivity contribution in [2.24, 2.45) is 21.5 Å². The van der Waals surface area contributed by atoms with Crippen molar-refractivity contribution in [3.63, 3.8) is 0 Å². The highest BCUT2D eigenvalue weighted by atomic mass is 15.1. The van der Waals surface area contributed by atoms with Crippen molar-refractivity contribution in [2.75, 3.05) is 66.5 Å². The summed E-state index contributed by atoms with van der Waals surface area (Å²) in [6, 6.07) is 22.4. The van der Waals surface area contributed by atoms with E-state index in [1.165, 1.54) is 43.5 Å². The lowest BCUT2D eigenvalue weighted by molar-refractivity contribution is 0.411. The number of benzene rings is 2. The molecule has 8 nitrogen and oxygen atoms in total. The van der Waals surface area contributed by atoms with E-state index in [0.717, 1.165) is 45.7 Å². The van der Waals surface area contributed by atoms with E-state index in [0.29, 0.717) is 24.2 Å². The Bertz CT molecular complexity index is 947. The van der Waals surface area contributed by atoms with Crippen molar-refractivity contribution in [1.82, 2.24) is 20.4 Å². The van der Waals surface area contributed by atoms with Crippen LogP contribution in [0.5, 0.6) is 0 Å². The highest BCUT2D eigenvalue weighted by molar-refractivity contribution is 5.80. The van der Waals surface area contributed by atoms with Crippen LogP contribution in [0.2, 0.25) is 0 Å². The summed E-state index contributed by atoms with van der Waals surface area (Å²) in [4.78, 5) is 13.7. The average molecular weight is 549 g/mol. The first kappa shape index (κ1) is 32.1. The fraction of sp³-hybridized carbons (Fsp3) is 0.562. The monoisotopic (exact) mass is 548 g/mol. The maximum Gasteiger partial charge on any atom is 0.0638 e. The van der Waals surface area contributed by atoms with Crippen LogP contribution in [0, 0.1) is 0 Å². The molecule has 0 saturated carbocycles. The second-order valence-electron chi connectivity index (χ2n) is 11.3. The predicted octanol–water partition coefficient (Wildman–Crippen LogP) is 2.23. The van der Waals surface area contributed by atoms with Gasteiger partial charge in [0.25, 0.3) is 0 Å². The molecule has 2 aromatic carbocycles. The summed E-state index contributed by atoms with van der Waals surface area (Å²) in [6.45, 7) is 8.81. The fourth-order valence-corrected chi connectivity index (χ4v) is 4.91. The van der Waals surface area contributed by atoms with Crippen LogP contribution in [0.25, 0.3) is 0 Å². The van der Waals surface area contributed by atoms with Crippen molar-refractivity contribution in [3.05, 3.63) is 71.8 Å². The summed E-state index contributed by atoms with van der Waals surface area (Å²) in [7, 11) is 4.25. The first-order valence-electron chi connectivity index (χ1n) is 14.9. The standard InChI is InChI=1S/C12H16N2.C11H14N2.C5H12N2.C4H10N2/c1-14-8-7-12(10-14)13-9-11-5-3-2-4-6-11;1-2-4-10(5-3-1)8-13-11-6-7-12-9-11;1-7-3-2-5(6)4-7;5-4-1-2-6-3-4/h2-6,9,12H,7-8,10H2,1H3;1-5,8,11-12H,6-7,9H2;5H,2-4,6H2,1H3;4,6H,1-3,5H2. The van der Waals surface area contributed by atoms with E-state index in [9.17, 15) is 0 Å². The largest absolute Gasteiger partial charge is 0.327 e. The van der Waals surface area contributed by atoms with Gasteiger partial charge in [-0.25, -0.2) is 0 Å². The molecule has 0 spiro atoms. The van der Waals surface area contributed by atoms with Gasteiger partial charge in [-0.15, -0.1) is 0 Å². The summed E-state index contributed by atoms with van der Waals surface area (Å²) in [5.41, 5.74) is 13.4. The average Bonchev–Trinajstić information content (AvgIpc) is 3.80. The SMILES string of the molecule is C(=NC1CCNC1)c1ccccc1.CN1CCC(N)C1.CN1CCC(N=Cc2ccccc2)C1.NC1CCNC1. The molecular formula is C32H52N8. The molecule has 0 aromatic heterocycles. The summed E-state index contributed by atoms with van der Waals surface area (Å²) < 4.78 is 0. The molecule has 2 aromatic rings. The van der Waals surface area contributed by atoms with Crippen LogP contribution in [0.15, 0.2) is 70.6 Å². The summed E-state index contributed by atoms with van der Waals surface area (Å²) >= 11 is 0. The van der Waals surface area contributed by atoms with Gasteiger partial charge >= 0.3 is 0 Å². The number of likely N-dealkylation sites (tertiary alicyclic amines) is 2. The minimum Gasteiger partial charge on any atom is -0.327 e. The molecule has 6 N–H and O–H groups in total. The number of aliphatic imine (C=N–C) groups is 2. The van der Waals surface area contributed by atoms with Crippen molar-refractivity contribution in [3.8, 4) is 0 Å². The zero-order valence-corrected chi connectivity index (χ0v) is 24.7. The lowest BCUT2D eigenvalue weighted by Crippen LogP contribution is -2.23. The minimum absolute atomic E-state index is 0.435. The third-order valence-electron chi connectivity index (χ3n) is 7.39. The number of nitrogens with two attached hydrogens (primary N) is 2. The van der Waals surface area contributed by atoms with Gasteiger partial charge in [0.15, 0.2) is 0 Å². The molecule has 0 radical (unpaired) electrons. The molecule has 8 heteroatoms. The molecule has 220 valence electrons. The van der Waals surface area contributed by atoms with E-state index in [1.54, 1.807) is 0 Å². The van der Waals surface area contributed by atoms with E-state index in [1.807, 2.05) is 48.8 Å². The third kappa shape index (κ3) is 13.7. The molecule has 4 saturated heterocycles. The Balaban J connectivity index is 0.000000156. The van der Waals surface area contributed by atoms with Crippen LogP contribution in [0.1, 0.15) is 36.8 Å². The molecule has 4 heterocycles. The van der Waals surface area contributed by atoms with Crippen LogP contribution in [0.4, 0.5) is 0 Å². The van der Waals surface area contributed by atoms with Gasteiger partial charge in [-0.05, 0) is 77.1 Å². The molecule has 40 heavy (non-hydrogen) atoms. The first-order valence-corrected chi connectivity index (χ1v) is 14.9. The van der Waals surface area contributed by atoms with Gasteiger partial charge in [0, 0.05) is 50.7 Å². The molecule has 4 atom stereocenters. The van der Waals surface area contributed by atoms with Gasteiger partial charge < -0.3 is 31.9 Å². The van der Waals surface area contributed by atoms with Crippen LogP contribution >= 0.6 is 0 Å². The molecule has 0 aliphatic carbocycles. The topological polar surface area (TPSA) is 107 Å². The maximum atomic E-state index is 5.58. The highest BCUT2D eigenvalue weighted by Crippen LogP contribution is 2.10. The number of rotatable bonds is 4. The zero-order chi connectivity index (χ0) is 28.4. The highest BCUT2D eigenvalue weighted by Gasteiger charge is 2.17. The van der Waals surface area contributed by atoms with E-state index in [-0.39, 0.29) is 0 Å². The van der Waals surface area contributed by atoms with E-state index in [4.69, 9.17) is 11.5 Å². The number of hydrogen-bond donors (Lipinski definition) is 4. The Kier molecular flexibility index (Phi) is 15.1. The van der Waals surface area contributed by atoms with Gasteiger partial charge in [-0.3, -0.25) is 9.98 Å². The summed E-state index contributed by atoms with van der Waals surface area (Å²) in [5.74, 6) is 0. The lowest BCUT2D eigenvalue weighted by atomic mass is 10.2. The van der Waals surface area contributed by atoms with Crippen LogP contribution in [-0.4, -0.2) is 113 Å². The van der Waals surface area contributed by atoms with E-state index >= 15 is 0 Å². The van der Waals surface area contributed by atoms with E-state index in [2.05, 4.69) is 68.8 Å². The smallest absolute Gasteiger partial charge is 0.0638 e. The minimum atomic E-state index is 0.435. The van der Waals surface area contributed by atoms with Crippen molar-refractivity contribution in [1.29, 1.82) is 0 Å². The third-order valence-corrected chi connectivity index (χ3v) is 7.39. The number of nitrogens with zero attached hydrogens (tertiary/aromatic N) is 4. The molecule has 0 amide bonds. The normalized spacial score (nSPS) is 26.7. The van der Waals surface area contributed by atoms with Crippen LogP contribution in [-0.2, 0) is 0 Å². The summed E-state index contributed by atoms with van der Waals surface area (Å²) in [6.07, 6.45) is 8.65.